The van der Waals surface area contributed by atoms with Crippen molar-refractivity contribution in [3.05, 3.63) is 29.3 Å². The first kappa shape index (κ1) is 14.9. The highest BCUT2D eigenvalue weighted by Gasteiger charge is 1.98. The van der Waals surface area contributed by atoms with Crippen LogP contribution in [0, 0.1) is 13.8 Å². The maximum absolute atomic E-state index is 5.85. The Bertz CT molecular complexity index is 393. The third-order valence-electron chi connectivity index (χ3n) is 2.32. The summed E-state index contributed by atoms with van der Waals surface area (Å²) in [5.74, 6) is 1.50. The minimum Gasteiger partial charge on any atom is -0.370 e. The van der Waals surface area contributed by atoms with Crippen molar-refractivity contribution in [2.45, 2.75) is 32.9 Å². The molecular formula is C14H23N3S. The van der Waals surface area contributed by atoms with Crippen LogP contribution in [-0.4, -0.2) is 23.5 Å². The molecule has 0 aliphatic heterocycles. The van der Waals surface area contributed by atoms with E-state index in [1.54, 1.807) is 0 Å². The lowest BCUT2D eigenvalue weighted by molar-refractivity contribution is 1.08. The fraction of sp³-hybridized carbons (Fsp3) is 0.500. The van der Waals surface area contributed by atoms with Gasteiger partial charge in [0.1, 0.15) is 0 Å². The van der Waals surface area contributed by atoms with Gasteiger partial charge in [0.05, 0.1) is 6.54 Å². The molecule has 0 aliphatic carbocycles. The van der Waals surface area contributed by atoms with Crippen molar-refractivity contribution in [3.63, 3.8) is 0 Å². The average Bonchev–Trinajstić information content (AvgIpc) is 2.22. The number of benzene rings is 1. The van der Waals surface area contributed by atoms with Gasteiger partial charge in [-0.25, -0.2) is 0 Å². The fourth-order valence-electron chi connectivity index (χ4n) is 1.69. The molecule has 0 saturated heterocycles. The molecule has 3 nitrogen and oxygen atoms in total. The summed E-state index contributed by atoms with van der Waals surface area (Å²) in [5.41, 5.74) is 9.30. The quantitative estimate of drug-likeness (QED) is 0.488. The molecule has 0 fully saturated rings. The normalized spacial score (nSPS) is 11.9. The number of rotatable bonds is 5. The minimum atomic E-state index is 0.490. The summed E-state index contributed by atoms with van der Waals surface area (Å²) in [4.78, 5) is 4.31. The van der Waals surface area contributed by atoms with E-state index in [1.807, 2.05) is 11.8 Å². The van der Waals surface area contributed by atoms with Gasteiger partial charge in [-0.1, -0.05) is 19.9 Å². The summed E-state index contributed by atoms with van der Waals surface area (Å²) in [6.45, 7) is 9.28. The first-order valence-corrected chi connectivity index (χ1v) is 7.29. The lowest BCUT2D eigenvalue weighted by Crippen LogP contribution is -2.23. The number of aryl methyl sites for hydroxylation is 2. The number of hydrogen-bond acceptors (Lipinski definition) is 2. The van der Waals surface area contributed by atoms with E-state index < -0.39 is 0 Å². The second-order valence-corrected chi connectivity index (χ2v) is 6.37. The first-order valence-electron chi connectivity index (χ1n) is 6.24. The van der Waals surface area contributed by atoms with E-state index in [-0.39, 0.29) is 0 Å². The summed E-state index contributed by atoms with van der Waals surface area (Å²) in [5, 5.41) is 3.78. The summed E-state index contributed by atoms with van der Waals surface area (Å²) < 4.78 is 0. The zero-order valence-electron chi connectivity index (χ0n) is 11.7. The van der Waals surface area contributed by atoms with Gasteiger partial charge in [0, 0.05) is 11.4 Å². The highest BCUT2D eigenvalue weighted by atomic mass is 32.2. The van der Waals surface area contributed by atoms with Gasteiger partial charge >= 0.3 is 0 Å². The third kappa shape index (κ3) is 5.96. The number of anilines is 1. The topological polar surface area (TPSA) is 50.4 Å². The number of aliphatic imine (C=N–C) groups is 1. The Morgan fingerprint density at radius 2 is 1.89 bits per heavy atom. The zero-order valence-corrected chi connectivity index (χ0v) is 12.5. The van der Waals surface area contributed by atoms with E-state index in [2.05, 4.69) is 56.2 Å². The molecule has 4 heteroatoms. The third-order valence-corrected chi connectivity index (χ3v) is 3.40. The predicted octanol–water partition coefficient (Wildman–Crippen LogP) is 3.17. The molecule has 0 atom stereocenters. The standard InChI is InChI=1S/C14H23N3S/c1-10(2)18-6-5-16-14(15)17-13-8-11(3)7-12(4)9-13/h7-10H,5-6H2,1-4H3,(H3,15,16,17). The van der Waals surface area contributed by atoms with Crippen LogP contribution in [0.5, 0.6) is 0 Å². The fourth-order valence-corrected chi connectivity index (χ4v) is 2.36. The largest absolute Gasteiger partial charge is 0.370 e. The Hall–Kier alpha value is -1.16. The first-order chi connectivity index (χ1) is 8.47. The summed E-state index contributed by atoms with van der Waals surface area (Å²) in [6, 6.07) is 6.27. The van der Waals surface area contributed by atoms with Gasteiger partial charge in [-0.15, -0.1) is 0 Å². The SMILES string of the molecule is Cc1cc(C)cc(NC(N)=NCCSC(C)C)c1. The molecule has 0 heterocycles. The maximum Gasteiger partial charge on any atom is 0.193 e. The average molecular weight is 265 g/mol. The molecule has 0 unspecified atom stereocenters. The van der Waals surface area contributed by atoms with Gasteiger partial charge in [0.2, 0.25) is 0 Å². The number of nitrogens with one attached hydrogen (secondary N) is 1. The van der Waals surface area contributed by atoms with E-state index in [0.29, 0.717) is 11.2 Å². The van der Waals surface area contributed by atoms with Gasteiger partial charge in [-0.3, -0.25) is 4.99 Å². The lowest BCUT2D eigenvalue weighted by Gasteiger charge is -2.08. The van der Waals surface area contributed by atoms with Crippen LogP contribution in [0.2, 0.25) is 0 Å². The van der Waals surface area contributed by atoms with Crippen molar-refractivity contribution < 1.29 is 0 Å². The van der Waals surface area contributed by atoms with Crippen LogP contribution >= 0.6 is 11.8 Å². The van der Waals surface area contributed by atoms with E-state index >= 15 is 0 Å². The molecule has 100 valence electrons. The molecule has 0 amide bonds. The van der Waals surface area contributed by atoms with Gasteiger partial charge < -0.3 is 11.1 Å². The molecule has 18 heavy (non-hydrogen) atoms. The molecule has 0 radical (unpaired) electrons. The Morgan fingerprint density at radius 1 is 1.28 bits per heavy atom. The summed E-state index contributed by atoms with van der Waals surface area (Å²) in [7, 11) is 0. The van der Waals surface area contributed by atoms with Crippen LogP contribution in [0.4, 0.5) is 5.69 Å². The van der Waals surface area contributed by atoms with Crippen LogP contribution in [0.15, 0.2) is 23.2 Å². The molecule has 1 rings (SSSR count). The van der Waals surface area contributed by atoms with E-state index in [0.717, 1.165) is 18.0 Å². The molecule has 0 aromatic heterocycles. The predicted molar refractivity (Wildman–Crippen MR) is 83.6 cm³/mol. The molecule has 0 bridgehead atoms. The van der Waals surface area contributed by atoms with Crippen molar-refractivity contribution in [3.8, 4) is 0 Å². The second kappa shape index (κ2) is 7.31. The van der Waals surface area contributed by atoms with Crippen molar-refractivity contribution in [2.75, 3.05) is 17.6 Å². The van der Waals surface area contributed by atoms with Gasteiger partial charge in [-0.05, 0) is 42.4 Å². The monoisotopic (exact) mass is 265 g/mol. The Labute approximate surface area is 114 Å². The van der Waals surface area contributed by atoms with Crippen LogP contribution in [-0.2, 0) is 0 Å². The maximum atomic E-state index is 5.85. The Morgan fingerprint density at radius 3 is 2.44 bits per heavy atom. The summed E-state index contributed by atoms with van der Waals surface area (Å²) in [6.07, 6.45) is 0. The highest BCUT2D eigenvalue weighted by Crippen LogP contribution is 2.13. The van der Waals surface area contributed by atoms with Crippen molar-refractivity contribution >= 4 is 23.4 Å². The molecule has 0 spiro atoms. The lowest BCUT2D eigenvalue weighted by atomic mass is 10.1. The van der Waals surface area contributed by atoms with Crippen LogP contribution < -0.4 is 11.1 Å². The van der Waals surface area contributed by atoms with Gasteiger partial charge in [-0.2, -0.15) is 11.8 Å². The molecule has 1 aromatic rings. The number of guanidine groups is 1. The zero-order chi connectivity index (χ0) is 13.5. The minimum absolute atomic E-state index is 0.490. The van der Waals surface area contributed by atoms with Crippen molar-refractivity contribution in [1.82, 2.24) is 0 Å². The van der Waals surface area contributed by atoms with E-state index in [4.69, 9.17) is 5.73 Å². The number of nitrogens with zero attached hydrogens (tertiary/aromatic N) is 1. The van der Waals surface area contributed by atoms with Crippen LogP contribution in [0.25, 0.3) is 0 Å². The number of nitrogens with two attached hydrogens (primary N) is 1. The van der Waals surface area contributed by atoms with Gasteiger partial charge in [0.15, 0.2) is 5.96 Å². The molecule has 0 aliphatic rings. The smallest absolute Gasteiger partial charge is 0.193 e. The number of hydrogen-bond donors (Lipinski definition) is 2. The van der Waals surface area contributed by atoms with Crippen molar-refractivity contribution in [2.24, 2.45) is 10.7 Å². The van der Waals surface area contributed by atoms with Gasteiger partial charge in [0.25, 0.3) is 0 Å². The van der Waals surface area contributed by atoms with Crippen LogP contribution in [0.3, 0.4) is 0 Å². The Balaban J connectivity index is 2.48. The second-order valence-electron chi connectivity index (χ2n) is 4.69. The number of thioether (sulfide) groups is 1. The van der Waals surface area contributed by atoms with E-state index in [9.17, 15) is 0 Å². The summed E-state index contributed by atoms with van der Waals surface area (Å²) >= 11 is 1.89. The molecular weight excluding hydrogens is 242 g/mol. The molecule has 3 N–H and O–H groups in total. The van der Waals surface area contributed by atoms with Crippen molar-refractivity contribution in [1.29, 1.82) is 0 Å². The van der Waals surface area contributed by atoms with Crippen LogP contribution in [0.1, 0.15) is 25.0 Å². The molecule has 0 saturated carbocycles. The molecule has 1 aromatic carbocycles. The highest BCUT2D eigenvalue weighted by molar-refractivity contribution is 7.99. The van der Waals surface area contributed by atoms with E-state index in [1.165, 1.54) is 11.1 Å². The Kier molecular flexibility index (Phi) is 6.05.